The molecule has 0 bridgehead atoms. The molecule has 196 valence electrons. The number of piperidine rings is 1. The summed E-state index contributed by atoms with van der Waals surface area (Å²) >= 11 is 0. The molecule has 1 aromatic heterocycles. The number of hydrogen-bond donors (Lipinski definition) is 2. The van der Waals surface area contributed by atoms with E-state index in [9.17, 15) is 14.4 Å². The zero-order chi connectivity index (χ0) is 25.7. The summed E-state index contributed by atoms with van der Waals surface area (Å²) in [7, 11) is 1.61. The number of rotatable bonds is 2. The summed E-state index contributed by atoms with van der Waals surface area (Å²) in [4.78, 5) is 41.0. The number of likely N-dealkylation sites (tertiary alicyclic amines) is 1. The summed E-state index contributed by atoms with van der Waals surface area (Å²) in [6.45, 7) is 6.26. The summed E-state index contributed by atoms with van der Waals surface area (Å²) in [5.74, 6) is 0.563. The number of carbonyl (C=O) groups is 3. The van der Waals surface area contributed by atoms with Crippen molar-refractivity contribution in [3.8, 4) is 5.75 Å². The maximum Gasteiger partial charge on any atom is 0.289 e. The van der Waals surface area contributed by atoms with Crippen molar-refractivity contribution in [3.05, 3.63) is 29.5 Å². The van der Waals surface area contributed by atoms with Crippen LogP contribution in [0, 0.1) is 12.3 Å². The third kappa shape index (κ3) is 5.51. The predicted octanol–water partition coefficient (Wildman–Crippen LogP) is 3.18. The van der Waals surface area contributed by atoms with Gasteiger partial charge >= 0.3 is 0 Å². The van der Waals surface area contributed by atoms with Crippen molar-refractivity contribution in [1.29, 1.82) is 0 Å². The van der Waals surface area contributed by atoms with E-state index in [0.29, 0.717) is 69.2 Å². The van der Waals surface area contributed by atoms with Crippen molar-refractivity contribution in [2.24, 2.45) is 5.41 Å². The van der Waals surface area contributed by atoms with Gasteiger partial charge < -0.3 is 29.4 Å². The Balaban J connectivity index is 1.48. The van der Waals surface area contributed by atoms with Crippen LogP contribution >= 0.6 is 0 Å². The minimum absolute atomic E-state index is 0.109. The van der Waals surface area contributed by atoms with Crippen LogP contribution in [-0.4, -0.2) is 68.6 Å². The number of nitrogens with one attached hydrogen (secondary N) is 2. The van der Waals surface area contributed by atoms with Crippen molar-refractivity contribution in [3.63, 3.8) is 0 Å². The second-order valence-electron chi connectivity index (χ2n) is 9.90. The predicted molar refractivity (Wildman–Crippen MR) is 135 cm³/mol. The molecule has 0 saturated carbocycles. The third-order valence-corrected chi connectivity index (χ3v) is 7.53. The lowest BCUT2D eigenvalue weighted by Crippen LogP contribution is -2.54. The number of carbonyl (C=O) groups excluding carboxylic acids is 3. The van der Waals surface area contributed by atoms with Crippen LogP contribution in [0.2, 0.25) is 0 Å². The summed E-state index contributed by atoms with van der Waals surface area (Å²) in [5, 5.41) is 6.65. The molecule has 1 spiro atoms. The highest BCUT2D eigenvalue weighted by atomic mass is 16.5. The number of furan rings is 1. The van der Waals surface area contributed by atoms with Crippen LogP contribution in [-0.2, 0) is 14.3 Å². The third-order valence-electron chi connectivity index (χ3n) is 7.53. The molecule has 9 nitrogen and oxygen atoms in total. The van der Waals surface area contributed by atoms with Crippen molar-refractivity contribution in [1.82, 2.24) is 15.5 Å². The topological polar surface area (TPSA) is 110 Å². The van der Waals surface area contributed by atoms with Crippen LogP contribution in [0.1, 0.15) is 61.6 Å². The highest BCUT2D eigenvalue weighted by Gasteiger charge is 2.43. The van der Waals surface area contributed by atoms with E-state index in [2.05, 4.69) is 10.6 Å². The molecular weight excluding hydrogens is 462 g/mol. The van der Waals surface area contributed by atoms with E-state index in [1.165, 1.54) is 0 Å². The van der Waals surface area contributed by atoms with E-state index in [-0.39, 0.29) is 17.7 Å². The van der Waals surface area contributed by atoms with Gasteiger partial charge in [0.05, 0.1) is 12.5 Å². The van der Waals surface area contributed by atoms with Crippen LogP contribution in [0.15, 0.2) is 22.6 Å². The summed E-state index contributed by atoms with van der Waals surface area (Å²) in [6, 6.07) is 4.87. The smallest absolute Gasteiger partial charge is 0.289 e. The summed E-state index contributed by atoms with van der Waals surface area (Å²) < 4.78 is 16.9. The first kappa shape index (κ1) is 26.0. The maximum atomic E-state index is 13.4. The molecule has 36 heavy (non-hydrogen) atoms. The number of aryl methyl sites for hydroxylation is 1. The number of benzene rings is 1. The van der Waals surface area contributed by atoms with Crippen LogP contribution in [0.5, 0.6) is 5.75 Å². The number of fused-ring (bicyclic) bond motifs is 1. The Morgan fingerprint density at radius 2 is 1.86 bits per heavy atom. The molecule has 9 heteroatoms. The molecule has 3 amide bonds. The molecule has 2 N–H and O–H groups in total. The first-order valence-electron chi connectivity index (χ1n) is 12.9. The van der Waals surface area contributed by atoms with Gasteiger partial charge in [-0.2, -0.15) is 0 Å². The standard InChI is InChI=1S/C27H37N3O6/c1-18-21-17-20(34-3)7-8-22(21)36-23(18)25(32)30-13-10-27(11-14-30)9-4-5-15-35-16-6-12-28-24(31)19(2)29-26(27)33/h7-8,17,19H,4-6,9-16H2,1-3H3,(H,28,31)(H,29,33)/t19-/m0/s1. The Hall–Kier alpha value is -3.07. The van der Waals surface area contributed by atoms with Crippen LogP contribution in [0.4, 0.5) is 0 Å². The van der Waals surface area contributed by atoms with Crippen LogP contribution < -0.4 is 15.4 Å². The summed E-state index contributed by atoms with van der Waals surface area (Å²) in [6.07, 6.45) is 4.24. The molecule has 2 aromatic rings. The fourth-order valence-corrected chi connectivity index (χ4v) is 5.13. The van der Waals surface area contributed by atoms with E-state index >= 15 is 0 Å². The Bertz CT molecular complexity index is 1100. The molecule has 2 fully saturated rings. The number of nitrogens with zero attached hydrogens (tertiary/aromatic N) is 1. The molecule has 1 aromatic carbocycles. The minimum atomic E-state index is -0.619. The van der Waals surface area contributed by atoms with Gasteiger partial charge in [0.2, 0.25) is 11.8 Å². The lowest BCUT2D eigenvalue weighted by molar-refractivity contribution is -0.137. The SMILES string of the molecule is COc1ccc2oc(C(=O)N3CCC4(CCCCOCCCNC(=O)[C@H](C)NC4=O)CC3)c(C)c2c1. The molecule has 2 saturated heterocycles. The Kier molecular flexibility index (Phi) is 8.18. The minimum Gasteiger partial charge on any atom is -0.497 e. The first-order chi connectivity index (χ1) is 17.3. The number of hydrogen-bond acceptors (Lipinski definition) is 6. The van der Waals surface area contributed by atoms with E-state index in [0.717, 1.165) is 30.2 Å². The highest BCUT2D eigenvalue weighted by Crippen LogP contribution is 2.38. The van der Waals surface area contributed by atoms with Crippen molar-refractivity contribution < 1.29 is 28.3 Å². The van der Waals surface area contributed by atoms with Gasteiger partial charge in [-0.05, 0) is 64.2 Å². The van der Waals surface area contributed by atoms with Crippen molar-refractivity contribution in [2.75, 3.05) is 40.0 Å². The number of amides is 3. The lowest BCUT2D eigenvalue weighted by atomic mass is 9.73. The molecule has 0 radical (unpaired) electrons. The fourth-order valence-electron chi connectivity index (χ4n) is 5.13. The molecule has 2 aliphatic heterocycles. The van der Waals surface area contributed by atoms with E-state index in [1.54, 1.807) is 18.9 Å². The maximum absolute atomic E-state index is 13.4. The van der Waals surface area contributed by atoms with Crippen molar-refractivity contribution >= 4 is 28.7 Å². The average molecular weight is 500 g/mol. The second-order valence-corrected chi connectivity index (χ2v) is 9.90. The highest BCUT2D eigenvalue weighted by molar-refractivity contribution is 5.99. The van der Waals surface area contributed by atoms with Crippen LogP contribution in [0.3, 0.4) is 0 Å². The van der Waals surface area contributed by atoms with Gasteiger partial charge in [0.1, 0.15) is 17.4 Å². The van der Waals surface area contributed by atoms with Crippen molar-refractivity contribution in [2.45, 2.75) is 58.4 Å². The van der Waals surface area contributed by atoms with Gasteiger partial charge in [-0.15, -0.1) is 0 Å². The van der Waals surface area contributed by atoms with E-state index in [4.69, 9.17) is 13.9 Å². The summed E-state index contributed by atoms with van der Waals surface area (Å²) in [5.41, 5.74) is 0.806. The van der Waals surface area contributed by atoms with Gasteiger partial charge in [-0.25, -0.2) is 0 Å². The Labute approximate surface area is 211 Å². The van der Waals surface area contributed by atoms with Gasteiger partial charge in [-0.3, -0.25) is 14.4 Å². The lowest BCUT2D eigenvalue weighted by Gasteiger charge is -2.41. The van der Waals surface area contributed by atoms with E-state index < -0.39 is 11.5 Å². The van der Waals surface area contributed by atoms with Gasteiger partial charge in [0.25, 0.3) is 5.91 Å². The van der Waals surface area contributed by atoms with E-state index in [1.807, 2.05) is 25.1 Å². The molecule has 0 unspecified atom stereocenters. The normalized spacial score (nSPS) is 22.1. The zero-order valence-electron chi connectivity index (χ0n) is 21.5. The molecule has 2 aliphatic rings. The zero-order valence-corrected chi connectivity index (χ0v) is 21.5. The van der Waals surface area contributed by atoms with Gasteiger partial charge in [0, 0.05) is 43.8 Å². The molecule has 0 aliphatic carbocycles. The molecule has 4 rings (SSSR count). The second kappa shape index (κ2) is 11.3. The van der Waals surface area contributed by atoms with Gasteiger partial charge in [-0.1, -0.05) is 6.42 Å². The molecular formula is C27H37N3O6. The Morgan fingerprint density at radius 3 is 2.61 bits per heavy atom. The molecule has 1 atom stereocenters. The first-order valence-corrected chi connectivity index (χ1v) is 12.9. The molecule has 3 heterocycles. The quantitative estimate of drug-likeness (QED) is 0.657. The van der Waals surface area contributed by atoms with Gasteiger partial charge in [0.15, 0.2) is 5.76 Å². The number of ether oxygens (including phenoxy) is 2. The Morgan fingerprint density at radius 1 is 1.11 bits per heavy atom. The number of methoxy groups -OCH3 is 1. The average Bonchev–Trinajstić information content (AvgIpc) is 3.22. The van der Waals surface area contributed by atoms with Crippen LogP contribution in [0.25, 0.3) is 11.0 Å². The monoisotopic (exact) mass is 499 g/mol. The largest absolute Gasteiger partial charge is 0.497 e. The fraction of sp³-hybridized carbons (Fsp3) is 0.593.